The third kappa shape index (κ3) is 6.43. The minimum atomic E-state index is -4.73. The molecule has 6 bridgehead atoms. The van der Waals surface area contributed by atoms with Crippen LogP contribution in [-0.4, -0.2) is 119 Å². The van der Waals surface area contributed by atoms with Crippen molar-refractivity contribution in [3.05, 3.63) is 0 Å². The van der Waals surface area contributed by atoms with Crippen molar-refractivity contribution in [2.24, 2.45) is 0 Å². The molecule has 8 atom stereocenters. The van der Waals surface area contributed by atoms with E-state index in [1.54, 1.807) is 0 Å². The van der Waals surface area contributed by atoms with Crippen molar-refractivity contribution >= 4 is 30.6 Å². The maximum atomic E-state index is 12.1. The molecule has 0 saturated carbocycles. The normalized spacial score (nSPS) is 34.8. The molecule has 0 aliphatic carbocycles. The first-order valence-electron chi connectivity index (χ1n) is 11.5. The van der Waals surface area contributed by atoms with Gasteiger partial charge in [0.25, 0.3) is 0 Å². The van der Waals surface area contributed by atoms with Gasteiger partial charge in [-0.2, -0.15) is 26.3 Å². The standard InChI is InChI=1S/C7H10F3N2OP.C7H9F3N2O.C5H11N2P.CH4/c8-7(9,10)6(13)11-2-5-1-4(11)3-12(5)14;8-7(9,10)6(13)12-3-4-1-5(12)2-11-4;8-7-3-4-1-5(7)2-6-4;/h4-5H,1-3,14H2;4-5,11H,1-3H2;4-6H,1-3,8H2;1H4. The van der Waals surface area contributed by atoms with Crippen molar-refractivity contribution in [1.29, 1.82) is 0 Å². The first kappa shape index (κ1) is 29.8. The topological polar surface area (TPSA) is 71.2 Å². The van der Waals surface area contributed by atoms with E-state index in [9.17, 15) is 35.9 Å². The highest BCUT2D eigenvalue weighted by atomic mass is 31.0. The molecule has 6 heterocycles. The first-order valence-corrected chi connectivity index (χ1v) is 12.5. The summed E-state index contributed by atoms with van der Waals surface area (Å²) >= 11 is 0. The highest BCUT2D eigenvalue weighted by Crippen LogP contribution is 2.35. The fourth-order valence-corrected chi connectivity index (χ4v) is 6.62. The molecule has 0 aromatic heterocycles. The molecule has 6 fully saturated rings. The third-order valence-corrected chi connectivity index (χ3v) is 8.71. The number of piperazine rings is 3. The Bertz CT molecular complexity index is 817. The lowest BCUT2D eigenvalue weighted by molar-refractivity contribution is -0.187. The van der Waals surface area contributed by atoms with Gasteiger partial charge in [-0.05, 0) is 19.3 Å². The van der Waals surface area contributed by atoms with Gasteiger partial charge in [0.15, 0.2) is 0 Å². The van der Waals surface area contributed by atoms with Crippen molar-refractivity contribution in [3.63, 3.8) is 0 Å². The summed E-state index contributed by atoms with van der Waals surface area (Å²) in [6.45, 7) is 3.85. The summed E-state index contributed by atoms with van der Waals surface area (Å²) in [5.74, 6) is -3.38. The first-order chi connectivity index (χ1) is 16.2. The van der Waals surface area contributed by atoms with Gasteiger partial charge in [-0.1, -0.05) is 26.2 Å². The summed E-state index contributed by atoms with van der Waals surface area (Å²) in [7, 11) is 5.26. The monoisotopic (exact) mass is 566 g/mol. The van der Waals surface area contributed by atoms with Gasteiger partial charge in [0, 0.05) is 75.5 Å². The number of carbonyl (C=O) groups is 2. The van der Waals surface area contributed by atoms with E-state index in [-0.39, 0.29) is 44.7 Å². The fraction of sp³-hybridized carbons (Fsp3) is 0.900. The number of hydrogen-bond donors (Lipinski definition) is 2. The van der Waals surface area contributed by atoms with Crippen molar-refractivity contribution in [2.75, 3.05) is 39.3 Å². The molecule has 0 aromatic rings. The molecule has 0 radical (unpaired) electrons. The largest absolute Gasteiger partial charge is 0.471 e. The Hall–Kier alpha value is -0.780. The van der Waals surface area contributed by atoms with Crippen LogP contribution in [0.5, 0.6) is 0 Å². The zero-order chi connectivity index (χ0) is 25.7. The summed E-state index contributed by atoms with van der Waals surface area (Å²) in [5.41, 5.74) is 0. The summed E-state index contributed by atoms with van der Waals surface area (Å²) in [5, 5.41) is 6.46. The number of rotatable bonds is 0. The van der Waals surface area contributed by atoms with Crippen LogP contribution < -0.4 is 10.6 Å². The second-order valence-corrected chi connectivity index (χ2v) is 11.2. The molecule has 6 saturated heterocycles. The van der Waals surface area contributed by atoms with Gasteiger partial charge in [-0.25, -0.2) is 0 Å². The molecule has 8 unspecified atom stereocenters. The van der Waals surface area contributed by atoms with Crippen molar-refractivity contribution in [1.82, 2.24) is 29.8 Å². The Balaban J connectivity index is 0.000000153. The highest BCUT2D eigenvalue weighted by Gasteiger charge is 2.52. The molecular formula is C20H34F6N6O2P2. The molecule has 6 aliphatic rings. The Morgan fingerprint density at radius 3 is 1.39 bits per heavy atom. The smallest absolute Gasteiger partial charge is 0.329 e. The number of carbonyl (C=O) groups excluding carboxylic acids is 2. The van der Waals surface area contributed by atoms with Crippen LogP contribution in [0.1, 0.15) is 26.7 Å². The van der Waals surface area contributed by atoms with Gasteiger partial charge in [0.05, 0.1) is 0 Å². The lowest BCUT2D eigenvalue weighted by atomic mass is 10.2. The third-order valence-electron chi connectivity index (χ3n) is 7.45. The van der Waals surface area contributed by atoms with Crippen LogP contribution in [0.25, 0.3) is 0 Å². The summed E-state index contributed by atoms with van der Waals surface area (Å²) < 4.78 is 76.7. The minimum absolute atomic E-state index is 0. The van der Waals surface area contributed by atoms with E-state index in [1.165, 1.54) is 19.5 Å². The van der Waals surface area contributed by atoms with Crippen molar-refractivity contribution in [2.45, 2.75) is 75.3 Å². The number of likely N-dealkylation sites (tertiary alicyclic amines) is 2. The number of halogens is 6. The van der Waals surface area contributed by atoms with Gasteiger partial charge in [-0.3, -0.25) is 18.9 Å². The number of alkyl halides is 6. The lowest BCUT2D eigenvalue weighted by Gasteiger charge is -2.31. The molecule has 8 nitrogen and oxygen atoms in total. The van der Waals surface area contributed by atoms with E-state index in [0.717, 1.165) is 21.9 Å². The van der Waals surface area contributed by atoms with Gasteiger partial charge < -0.3 is 20.4 Å². The van der Waals surface area contributed by atoms with E-state index in [0.29, 0.717) is 25.9 Å². The lowest BCUT2D eigenvalue weighted by Crippen LogP contribution is -2.51. The molecule has 16 heteroatoms. The minimum Gasteiger partial charge on any atom is -0.329 e. The molecule has 2 amide bonds. The van der Waals surface area contributed by atoms with E-state index in [4.69, 9.17) is 0 Å². The maximum Gasteiger partial charge on any atom is 0.471 e. The summed E-state index contributed by atoms with van der Waals surface area (Å²) in [6.07, 6.45) is -6.77. The second kappa shape index (κ2) is 11.1. The molecule has 0 spiro atoms. The average Bonchev–Trinajstić information content (AvgIpc) is 3.60. The SMILES string of the molecule is C.O=C(N1CC2CC1CN2)C(F)(F)F.O=C(N1CC2CC1CN2P)C(F)(F)F.PN1CC2CC1CN2. The average molecular weight is 566 g/mol. The molecule has 36 heavy (non-hydrogen) atoms. The highest BCUT2D eigenvalue weighted by molar-refractivity contribution is 7.13. The van der Waals surface area contributed by atoms with Gasteiger partial charge in [0.2, 0.25) is 0 Å². The second-order valence-electron chi connectivity index (χ2n) is 9.84. The number of hydrogen-bond acceptors (Lipinski definition) is 6. The quantitative estimate of drug-likeness (QED) is 0.340. The summed E-state index contributed by atoms with van der Waals surface area (Å²) in [4.78, 5) is 23.7. The van der Waals surface area contributed by atoms with Crippen LogP contribution in [0.3, 0.4) is 0 Å². The number of nitrogens with zero attached hydrogens (tertiary/aromatic N) is 4. The van der Waals surface area contributed by atoms with E-state index in [2.05, 4.69) is 34.1 Å². The molecule has 6 aliphatic heterocycles. The van der Waals surface area contributed by atoms with Gasteiger partial charge in [-0.15, -0.1) is 0 Å². The predicted molar refractivity (Wildman–Crippen MR) is 128 cm³/mol. The molecule has 208 valence electrons. The van der Waals surface area contributed by atoms with Crippen LogP contribution in [0.15, 0.2) is 0 Å². The molecule has 2 N–H and O–H groups in total. The fourth-order valence-electron chi connectivity index (χ4n) is 5.67. The Morgan fingerprint density at radius 1 is 0.639 bits per heavy atom. The number of nitrogens with one attached hydrogen (secondary N) is 2. The predicted octanol–water partition coefficient (Wildman–Crippen LogP) is 1.20. The molecule has 6 rings (SSSR count). The van der Waals surface area contributed by atoms with Crippen LogP contribution in [0.2, 0.25) is 0 Å². The Kier molecular flexibility index (Phi) is 9.21. The van der Waals surface area contributed by atoms with Crippen LogP contribution in [-0.2, 0) is 9.59 Å². The van der Waals surface area contributed by atoms with Crippen molar-refractivity contribution in [3.8, 4) is 0 Å². The van der Waals surface area contributed by atoms with Gasteiger partial charge in [0.1, 0.15) is 0 Å². The molecular weight excluding hydrogens is 532 g/mol. The van der Waals surface area contributed by atoms with Crippen molar-refractivity contribution < 1.29 is 35.9 Å². The maximum absolute atomic E-state index is 12.1. The summed E-state index contributed by atoms with van der Waals surface area (Å²) in [6, 6.07) is 1.26. The van der Waals surface area contributed by atoms with E-state index < -0.39 is 24.2 Å². The Labute approximate surface area is 211 Å². The zero-order valence-corrected chi connectivity index (χ0v) is 21.2. The zero-order valence-electron chi connectivity index (χ0n) is 18.9. The van der Waals surface area contributed by atoms with Gasteiger partial charge >= 0.3 is 24.2 Å². The number of amides is 2. The van der Waals surface area contributed by atoms with Crippen LogP contribution >= 0.6 is 18.8 Å². The van der Waals surface area contributed by atoms with Crippen LogP contribution in [0.4, 0.5) is 26.3 Å². The van der Waals surface area contributed by atoms with E-state index in [1.807, 2.05) is 4.67 Å². The number of fused-ring (bicyclic) bond motifs is 6. The molecule has 0 aromatic carbocycles. The van der Waals surface area contributed by atoms with E-state index >= 15 is 0 Å². The Morgan fingerprint density at radius 2 is 1.11 bits per heavy atom. The van der Waals surface area contributed by atoms with Crippen LogP contribution in [0, 0.1) is 0 Å².